The Labute approximate surface area is 78.0 Å². The molecule has 0 spiro atoms. The van der Waals surface area contributed by atoms with Crippen LogP contribution in [0.3, 0.4) is 0 Å². The minimum atomic E-state index is 0. The molecule has 0 saturated carbocycles. The molecule has 1 fully saturated rings. The molecular formula is C7H17N2Re-. The number of piperazine rings is 1. The molecule has 1 N–H and O–H groups in total. The van der Waals surface area contributed by atoms with Crippen LogP contribution >= 0.6 is 0 Å². The maximum absolute atomic E-state index is 3.15. The van der Waals surface area contributed by atoms with Crippen LogP contribution in [0.1, 0.15) is 13.8 Å². The van der Waals surface area contributed by atoms with Crippen molar-refractivity contribution in [2.75, 3.05) is 26.7 Å². The van der Waals surface area contributed by atoms with Gasteiger partial charge in [-0.2, -0.15) is 0 Å². The van der Waals surface area contributed by atoms with E-state index in [0.717, 1.165) is 13.1 Å². The number of hydrogen-bond donors (Lipinski definition) is 1. The van der Waals surface area contributed by atoms with Crippen molar-refractivity contribution in [2.45, 2.75) is 13.8 Å². The summed E-state index contributed by atoms with van der Waals surface area (Å²) in [5, 5.41) is 3.15. The third-order valence-corrected chi connectivity index (χ3v) is 1.19. The third-order valence-electron chi connectivity index (χ3n) is 1.19. The maximum atomic E-state index is 3.15. The first-order valence-electron chi connectivity index (χ1n) is 3.63. The van der Waals surface area contributed by atoms with Crippen LogP contribution in [0, 0.1) is 6.54 Å². The summed E-state index contributed by atoms with van der Waals surface area (Å²) >= 11 is 0. The Morgan fingerprint density at radius 1 is 1.40 bits per heavy atom. The smallest absolute Gasteiger partial charge is 0.00522 e. The molecular weight excluding hydrogens is 298 g/mol. The summed E-state index contributed by atoms with van der Waals surface area (Å²) in [6.45, 7) is 9.45. The van der Waals surface area contributed by atoms with Gasteiger partial charge in [0, 0.05) is 27.0 Å². The van der Waals surface area contributed by atoms with E-state index in [0.29, 0.717) is 0 Å². The summed E-state index contributed by atoms with van der Waals surface area (Å²) in [4.78, 5) is 2.27. The molecule has 1 aliphatic heterocycles. The van der Waals surface area contributed by atoms with E-state index in [9.17, 15) is 0 Å². The quantitative estimate of drug-likeness (QED) is 0.662. The van der Waals surface area contributed by atoms with Gasteiger partial charge in [-0.3, -0.25) is 6.54 Å². The molecule has 0 atom stereocenters. The summed E-state index contributed by atoms with van der Waals surface area (Å²) in [5.41, 5.74) is 0. The number of hydrogen-bond acceptors (Lipinski definition) is 2. The zero-order chi connectivity index (χ0) is 7.11. The predicted molar refractivity (Wildman–Crippen MR) is 41.1 cm³/mol. The second-order valence-electron chi connectivity index (χ2n) is 1.92. The summed E-state index contributed by atoms with van der Waals surface area (Å²) in [6, 6.07) is 0. The molecule has 0 aromatic carbocycles. The van der Waals surface area contributed by atoms with Gasteiger partial charge in [0.1, 0.15) is 0 Å². The van der Waals surface area contributed by atoms with Crippen molar-refractivity contribution in [1.82, 2.24) is 10.2 Å². The molecule has 1 heterocycles. The SMILES string of the molecule is CC.CN1C[CH-]NCC1.[Re]. The van der Waals surface area contributed by atoms with Crippen molar-refractivity contribution in [3.63, 3.8) is 0 Å². The van der Waals surface area contributed by atoms with Crippen LogP contribution in [0.15, 0.2) is 0 Å². The Morgan fingerprint density at radius 3 is 2.20 bits per heavy atom. The average molecular weight is 315 g/mol. The van der Waals surface area contributed by atoms with Gasteiger partial charge in [-0.05, 0) is 13.6 Å². The first-order chi connectivity index (χ1) is 4.39. The largest absolute Gasteiger partial charge is 0.468 e. The molecule has 3 heteroatoms. The average Bonchev–Trinajstić information content (AvgIpc) is 1.94. The Hall–Kier alpha value is 0.582. The van der Waals surface area contributed by atoms with E-state index < -0.39 is 0 Å². The Morgan fingerprint density at radius 2 is 2.00 bits per heavy atom. The van der Waals surface area contributed by atoms with Gasteiger partial charge >= 0.3 is 0 Å². The van der Waals surface area contributed by atoms with Crippen LogP contribution in [0.25, 0.3) is 0 Å². The molecule has 1 saturated heterocycles. The van der Waals surface area contributed by atoms with E-state index in [4.69, 9.17) is 0 Å². The normalized spacial score (nSPS) is 18.3. The van der Waals surface area contributed by atoms with Gasteiger partial charge in [-0.1, -0.05) is 13.8 Å². The minimum absolute atomic E-state index is 0. The Balaban J connectivity index is 0. The van der Waals surface area contributed by atoms with Gasteiger partial charge in [0.15, 0.2) is 0 Å². The molecule has 0 bridgehead atoms. The molecule has 63 valence electrons. The minimum Gasteiger partial charge on any atom is -0.468 e. The summed E-state index contributed by atoms with van der Waals surface area (Å²) in [5.74, 6) is 0. The van der Waals surface area contributed by atoms with Gasteiger partial charge in [-0.25, -0.2) is 0 Å². The second kappa shape index (κ2) is 9.58. The standard InChI is InChI=1S/C5H11N2.C2H6.Re/c1-7-4-2-6-3-5-7;1-2;/h2,6H,3-5H2,1H3;1-2H3;/q-1;;. The Bertz CT molecular complexity index is 53.6. The number of nitrogens with one attached hydrogen (secondary N) is 1. The molecule has 0 amide bonds. The van der Waals surface area contributed by atoms with Crippen molar-refractivity contribution in [2.24, 2.45) is 0 Å². The van der Waals surface area contributed by atoms with Crippen molar-refractivity contribution in [3.8, 4) is 0 Å². The van der Waals surface area contributed by atoms with Gasteiger partial charge in [0.05, 0.1) is 0 Å². The zero-order valence-corrected chi connectivity index (χ0v) is 9.74. The molecule has 0 aliphatic carbocycles. The molecule has 1 rings (SSSR count). The van der Waals surface area contributed by atoms with Crippen molar-refractivity contribution < 1.29 is 20.4 Å². The van der Waals surface area contributed by atoms with Crippen LogP contribution in [0.4, 0.5) is 0 Å². The van der Waals surface area contributed by atoms with Crippen LogP contribution in [0.2, 0.25) is 0 Å². The molecule has 2 nitrogen and oxygen atoms in total. The monoisotopic (exact) mass is 316 g/mol. The van der Waals surface area contributed by atoms with Crippen molar-refractivity contribution >= 4 is 0 Å². The van der Waals surface area contributed by atoms with E-state index in [-0.39, 0.29) is 20.4 Å². The molecule has 1 radical (unpaired) electrons. The van der Waals surface area contributed by atoms with Crippen LogP contribution in [-0.2, 0) is 20.4 Å². The molecule has 0 unspecified atom stereocenters. The van der Waals surface area contributed by atoms with E-state index in [1.807, 2.05) is 13.8 Å². The Kier molecular flexibility index (Phi) is 12.6. The van der Waals surface area contributed by atoms with Crippen LogP contribution < -0.4 is 5.32 Å². The second-order valence-corrected chi connectivity index (χ2v) is 1.92. The number of rotatable bonds is 0. The number of nitrogens with zero attached hydrogens (tertiary/aromatic N) is 1. The van der Waals surface area contributed by atoms with E-state index >= 15 is 0 Å². The summed E-state index contributed by atoms with van der Waals surface area (Å²) in [6.07, 6.45) is 0. The maximum Gasteiger partial charge on any atom is 0.00522 e. The molecule has 0 aromatic heterocycles. The van der Waals surface area contributed by atoms with Crippen LogP contribution in [-0.4, -0.2) is 31.6 Å². The van der Waals surface area contributed by atoms with Crippen molar-refractivity contribution in [1.29, 1.82) is 0 Å². The van der Waals surface area contributed by atoms with Crippen LogP contribution in [0.5, 0.6) is 0 Å². The van der Waals surface area contributed by atoms with Crippen molar-refractivity contribution in [3.05, 3.63) is 6.54 Å². The van der Waals surface area contributed by atoms with Gasteiger partial charge < -0.3 is 10.2 Å². The molecule has 0 aromatic rings. The fraction of sp³-hybridized carbons (Fsp3) is 0.857. The van der Waals surface area contributed by atoms with Gasteiger partial charge in [0.25, 0.3) is 0 Å². The van der Waals surface area contributed by atoms with Gasteiger partial charge in [-0.15, -0.1) is 6.54 Å². The number of likely N-dealkylation sites (N-methyl/N-ethyl adjacent to an activating group) is 1. The van der Waals surface area contributed by atoms with E-state index in [1.165, 1.54) is 6.54 Å². The van der Waals surface area contributed by atoms with E-state index in [2.05, 4.69) is 23.8 Å². The zero-order valence-electron chi connectivity index (χ0n) is 7.02. The topological polar surface area (TPSA) is 15.3 Å². The molecule has 1 aliphatic rings. The van der Waals surface area contributed by atoms with E-state index in [1.54, 1.807) is 0 Å². The summed E-state index contributed by atoms with van der Waals surface area (Å²) in [7, 11) is 2.12. The summed E-state index contributed by atoms with van der Waals surface area (Å²) < 4.78 is 0. The third kappa shape index (κ3) is 6.70. The molecule has 10 heavy (non-hydrogen) atoms. The fourth-order valence-electron chi connectivity index (χ4n) is 0.669. The first-order valence-corrected chi connectivity index (χ1v) is 3.63. The predicted octanol–water partition coefficient (Wildman–Crippen LogP) is 0.707. The first kappa shape index (κ1) is 13.2. The fourth-order valence-corrected chi connectivity index (χ4v) is 0.669. The van der Waals surface area contributed by atoms with Gasteiger partial charge in [0.2, 0.25) is 0 Å².